The average Bonchev–Trinajstić information content (AvgIpc) is 2.72. The Kier molecular flexibility index (Phi) is 5.26. The summed E-state index contributed by atoms with van der Waals surface area (Å²) in [5, 5.41) is 1.05. The van der Waals surface area contributed by atoms with Gasteiger partial charge in [-0.25, -0.2) is 13.2 Å². The number of hydrogen-bond donors (Lipinski definition) is 0. The van der Waals surface area contributed by atoms with E-state index in [0.717, 1.165) is 28.7 Å². The molecule has 0 atom stereocenters. The van der Waals surface area contributed by atoms with Crippen LogP contribution in [-0.2, 0) is 6.42 Å². The van der Waals surface area contributed by atoms with E-state index >= 15 is 0 Å². The van der Waals surface area contributed by atoms with Gasteiger partial charge in [-0.1, -0.05) is 25.1 Å². The number of halogens is 3. The van der Waals surface area contributed by atoms with E-state index in [2.05, 4.69) is 22.9 Å². The lowest BCUT2D eigenvalue weighted by Gasteiger charge is -2.34. The standard InChI is InChI=1S/C23H21F3N2O/c1-2-16-13-21(17-5-3-4-6-20(17)27-16)28-9-7-14(8-10-28)23(29)22-18(25)11-15(24)12-19(22)26/h3-6,11-14H,2,7-10H2,1H3. The Balaban J connectivity index is 1.56. The summed E-state index contributed by atoms with van der Waals surface area (Å²) in [5.74, 6) is -4.37. The maximum absolute atomic E-state index is 14.0. The predicted octanol–water partition coefficient (Wildman–Crippen LogP) is 5.31. The molecule has 0 bridgehead atoms. The molecule has 1 aliphatic heterocycles. The van der Waals surface area contributed by atoms with Gasteiger partial charge in [0, 0.05) is 47.9 Å². The molecule has 0 spiro atoms. The maximum Gasteiger partial charge on any atom is 0.171 e. The average molecular weight is 398 g/mol. The van der Waals surface area contributed by atoms with Crippen LogP contribution in [0.3, 0.4) is 0 Å². The fourth-order valence-electron chi connectivity index (χ4n) is 4.02. The van der Waals surface area contributed by atoms with Gasteiger partial charge >= 0.3 is 0 Å². The van der Waals surface area contributed by atoms with Crippen LogP contribution in [0.2, 0.25) is 0 Å². The highest BCUT2D eigenvalue weighted by atomic mass is 19.1. The molecule has 1 fully saturated rings. The van der Waals surface area contributed by atoms with Crippen molar-refractivity contribution >= 4 is 22.4 Å². The molecule has 6 heteroatoms. The van der Waals surface area contributed by atoms with Crippen LogP contribution in [0.15, 0.2) is 42.5 Å². The van der Waals surface area contributed by atoms with E-state index in [9.17, 15) is 18.0 Å². The van der Waals surface area contributed by atoms with Crippen molar-refractivity contribution in [2.75, 3.05) is 18.0 Å². The lowest BCUT2D eigenvalue weighted by molar-refractivity contribution is 0.0891. The summed E-state index contributed by atoms with van der Waals surface area (Å²) < 4.78 is 41.1. The lowest BCUT2D eigenvalue weighted by Crippen LogP contribution is -2.37. The molecular formula is C23H21F3N2O. The number of para-hydroxylation sites is 1. The first kappa shape index (κ1) is 19.4. The van der Waals surface area contributed by atoms with Crippen LogP contribution in [0.4, 0.5) is 18.9 Å². The third-order valence-corrected chi connectivity index (χ3v) is 5.57. The Morgan fingerprint density at radius 2 is 1.72 bits per heavy atom. The molecule has 2 heterocycles. The van der Waals surface area contributed by atoms with Gasteiger partial charge < -0.3 is 4.90 Å². The molecule has 0 unspecified atom stereocenters. The van der Waals surface area contributed by atoms with Gasteiger partial charge in [0.2, 0.25) is 0 Å². The second kappa shape index (κ2) is 7.85. The van der Waals surface area contributed by atoms with Crippen molar-refractivity contribution in [3.8, 4) is 0 Å². The lowest BCUT2D eigenvalue weighted by atomic mass is 9.88. The second-order valence-corrected chi connectivity index (χ2v) is 7.37. The highest BCUT2D eigenvalue weighted by Crippen LogP contribution is 2.32. The van der Waals surface area contributed by atoms with Crippen molar-refractivity contribution in [1.29, 1.82) is 0 Å². The number of fused-ring (bicyclic) bond motifs is 1. The first-order chi connectivity index (χ1) is 14.0. The Hall–Kier alpha value is -2.89. The van der Waals surface area contributed by atoms with Gasteiger partial charge in [-0.05, 0) is 31.4 Å². The number of anilines is 1. The molecule has 29 heavy (non-hydrogen) atoms. The number of hydrogen-bond acceptors (Lipinski definition) is 3. The smallest absolute Gasteiger partial charge is 0.171 e. The zero-order valence-electron chi connectivity index (χ0n) is 16.1. The van der Waals surface area contributed by atoms with Gasteiger partial charge in [0.25, 0.3) is 0 Å². The highest BCUT2D eigenvalue weighted by Gasteiger charge is 2.30. The minimum absolute atomic E-state index is 0.479. The van der Waals surface area contributed by atoms with Crippen LogP contribution in [0.25, 0.3) is 10.9 Å². The molecule has 0 aliphatic carbocycles. The molecule has 150 valence electrons. The number of ketones is 1. The monoisotopic (exact) mass is 398 g/mol. The molecular weight excluding hydrogens is 377 g/mol. The second-order valence-electron chi connectivity index (χ2n) is 7.37. The molecule has 4 rings (SSSR count). The summed E-state index contributed by atoms with van der Waals surface area (Å²) >= 11 is 0. The number of nitrogens with zero attached hydrogens (tertiary/aromatic N) is 2. The predicted molar refractivity (Wildman–Crippen MR) is 107 cm³/mol. The number of carbonyl (C=O) groups excluding carboxylic acids is 1. The van der Waals surface area contributed by atoms with Gasteiger partial charge in [0.1, 0.15) is 17.5 Å². The topological polar surface area (TPSA) is 33.2 Å². The van der Waals surface area contributed by atoms with Crippen LogP contribution in [0, 0.1) is 23.4 Å². The van der Waals surface area contributed by atoms with E-state index in [1.807, 2.05) is 24.3 Å². The number of pyridine rings is 1. The molecule has 0 N–H and O–H groups in total. The van der Waals surface area contributed by atoms with Crippen molar-refractivity contribution in [1.82, 2.24) is 4.98 Å². The molecule has 1 aromatic heterocycles. The molecule has 1 saturated heterocycles. The third-order valence-electron chi connectivity index (χ3n) is 5.57. The molecule has 0 saturated carbocycles. The van der Waals surface area contributed by atoms with E-state index in [4.69, 9.17) is 0 Å². The minimum Gasteiger partial charge on any atom is -0.371 e. The largest absolute Gasteiger partial charge is 0.371 e. The van der Waals surface area contributed by atoms with Crippen molar-refractivity contribution in [3.63, 3.8) is 0 Å². The minimum atomic E-state index is -1.14. The summed E-state index contributed by atoms with van der Waals surface area (Å²) in [5.41, 5.74) is 2.35. The number of aryl methyl sites for hydroxylation is 1. The van der Waals surface area contributed by atoms with E-state index in [-0.39, 0.29) is 0 Å². The Labute approximate surface area is 167 Å². The summed E-state index contributed by atoms with van der Waals surface area (Å²) in [7, 11) is 0. The van der Waals surface area contributed by atoms with Crippen molar-refractivity contribution in [3.05, 3.63) is 71.2 Å². The SMILES string of the molecule is CCc1cc(N2CCC(C(=O)c3c(F)cc(F)cc3F)CC2)c2ccccc2n1. The van der Waals surface area contributed by atoms with Crippen molar-refractivity contribution < 1.29 is 18.0 Å². The van der Waals surface area contributed by atoms with Gasteiger partial charge in [-0.2, -0.15) is 0 Å². The number of rotatable bonds is 4. The van der Waals surface area contributed by atoms with Gasteiger partial charge in [0.05, 0.1) is 11.1 Å². The normalized spacial score (nSPS) is 15.1. The molecule has 0 radical (unpaired) electrons. The van der Waals surface area contributed by atoms with Gasteiger partial charge in [-0.15, -0.1) is 0 Å². The van der Waals surface area contributed by atoms with Crippen molar-refractivity contribution in [2.24, 2.45) is 5.92 Å². The Morgan fingerprint density at radius 1 is 1.07 bits per heavy atom. The fraction of sp³-hybridized carbons (Fsp3) is 0.304. The maximum atomic E-state index is 14.0. The van der Waals surface area contributed by atoms with Crippen molar-refractivity contribution in [2.45, 2.75) is 26.2 Å². The molecule has 3 aromatic rings. The Bertz CT molecular complexity index is 1050. The Morgan fingerprint density at radius 3 is 2.38 bits per heavy atom. The summed E-state index contributed by atoms with van der Waals surface area (Å²) in [6.45, 7) is 3.24. The third kappa shape index (κ3) is 3.71. The van der Waals surface area contributed by atoms with Crippen LogP contribution in [0.5, 0.6) is 0 Å². The first-order valence-corrected chi connectivity index (χ1v) is 9.80. The van der Waals surface area contributed by atoms with Crippen LogP contribution in [0.1, 0.15) is 35.8 Å². The van der Waals surface area contributed by atoms with Crippen LogP contribution in [-0.4, -0.2) is 23.9 Å². The number of Topliss-reactive ketones (excluding diaryl/α,β-unsaturated/α-hetero) is 1. The molecule has 1 aliphatic rings. The summed E-state index contributed by atoms with van der Waals surface area (Å²) in [6.07, 6.45) is 1.77. The van der Waals surface area contributed by atoms with E-state index in [1.165, 1.54) is 0 Å². The number of carbonyl (C=O) groups is 1. The fourth-order valence-corrected chi connectivity index (χ4v) is 4.02. The van der Waals surface area contributed by atoms with E-state index in [1.54, 1.807) is 0 Å². The van der Waals surface area contributed by atoms with E-state index < -0.39 is 34.7 Å². The number of piperidine rings is 1. The first-order valence-electron chi connectivity index (χ1n) is 9.80. The van der Waals surface area contributed by atoms with Gasteiger partial charge in [-0.3, -0.25) is 9.78 Å². The molecule has 3 nitrogen and oxygen atoms in total. The molecule has 2 aromatic carbocycles. The highest BCUT2D eigenvalue weighted by molar-refractivity contribution is 5.98. The zero-order chi connectivity index (χ0) is 20.5. The quantitative estimate of drug-likeness (QED) is 0.558. The van der Waals surface area contributed by atoms with E-state index in [0.29, 0.717) is 38.1 Å². The summed E-state index contributed by atoms with van der Waals surface area (Å²) in [4.78, 5) is 19.5. The molecule has 0 amide bonds. The number of aromatic nitrogens is 1. The number of benzene rings is 2. The zero-order valence-corrected chi connectivity index (χ0v) is 16.1. The summed E-state index contributed by atoms with van der Waals surface area (Å²) in [6, 6.07) is 11.1. The van der Waals surface area contributed by atoms with Gasteiger partial charge in [0.15, 0.2) is 5.78 Å². The van der Waals surface area contributed by atoms with Crippen LogP contribution < -0.4 is 4.90 Å². The van der Waals surface area contributed by atoms with Crippen LogP contribution >= 0.6 is 0 Å².